The molecule has 1 aromatic carbocycles. The van der Waals surface area contributed by atoms with E-state index in [1.807, 2.05) is 45.0 Å². The van der Waals surface area contributed by atoms with Crippen molar-refractivity contribution in [3.63, 3.8) is 0 Å². The second kappa shape index (κ2) is 8.18. The maximum atomic E-state index is 11.9. The van der Waals surface area contributed by atoms with E-state index >= 15 is 0 Å². The Bertz CT molecular complexity index is 409. The van der Waals surface area contributed by atoms with Crippen molar-refractivity contribution >= 4 is 17.6 Å². The topological polar surface area (TPSA) is 38.3 Å². The van der Waals surface area contributed by atoms with Crippen LogP contribution >= 0.6 is 11.6 Å². The summed E-state index contributed by atoms with van der Waals surface area (Å²) in [4.78, 5) is 11.9. The average molecular weight is 284 g/mol. The molecule has 0 heterocycles. The van der Waals surface area contributed by atoms with Crippen LogP contribution in [0.3, 0.4) is 0 Å². The summed E-state index contributed by atoms with van der Waals surface area (Å²) in [6.07, 6.45) is 1.68. The van der Waals surface area contributed by atoms with Gasteiger partial charge in [-0.05, 0) is 31.9 Å². The van der Waals surface area contributed by atoms with Gasteiger partial charge in [0.25, 0.3) is 0 Å². The Morgan fingerprint density at radius 2 is 2.05 bits per heavy atom. The maximum Gasteiger partial charge on any atom is 0.323 e. The fourth-order valence-corrected chi connectivity index (χ4v) is 2.32. The van der Waals surface area contributed by atoms with Crippen LogP contribution in [0.2, 0.25) is 5.02 Å². The lowest BCUT2D eigenvalue weighted by atomic mass is 10.1. The van der Waals surface area contributed by atoms with E-state index < -0.39 is 0 Å². The smallest absolute Gasteiger partial charge is 0.323 e. The minimum absolute atomic E-state index is 0.00894. The number of carbonyl (C=O) groups is 1. The Morgan fingerprint density at radius 3 is 2.63 bits per heavy atom. The van der Waals surface area contributed by atoms with Crippen LogP contribution < -0.4 is 5.32 Å². The molecule has 1 unspecified atom stereocenters. The molecule has 1 N–H and O–H groups in total. The van der Waals surface area contributed by atoms with Crippen LogP contribution in [0.5, 0.6) is 0 Å². The quantitative estimate of drug-likeness (QED) is 0.775. The van der Waals surface area contributed by atoms with Gasteiger partial charge in [0.15, 0.2) is 0 Å². The van der Waals surface area contributed by atoms with Gasteiger partial charge in [0.05, 0.1) is 6.61 Å². The third-order valence-electron chi connectivity index (χ3n) is 2.97. The van der Waals surface area contributed by atoms with Crippen LogP contribution in [0.1, 0.15) is 45.2 Å². The van der Waals surface area contributed by atoms with Gasteiger partial charge in [-0.1, -0.05) is 43.1 Å². The third kappa shape index (κ3) is 4.84. The summed E-state index contributed by atoms with van der Waals surface area (Å²) >= 11 is 6.16. The predicted molar refractivity (Wildman–Crippen MR) is 78.3 cm³/mol. The molecule has 0 aromatic heterocycles. The van der Waals surface area contributed by atoms with Crippen LogP contribution in [0, 0.1) is 0 Å². The molecule has 3 nitrogen and oxygen atoms in total. The molecule has 0 amide bonds. The molecule has 0 fully saturated rings. The first-order valence-corrected chi connectivity index (χ1v) is 7.15. The lowest BCUT2D eigenvalue weighted by molar-refractivity contribution is -0.146. The van der Waals surface area contributed by atoms with E-state index in [1.165, 1.54) is 0 Å². The average Bonchev–Trinajstić information content (AvgIpc) is 2.39. The molecule has 0 saturated heterocycles. The van der Waals surface area contributed by atoms with Gasteiger partial charge >= 0.3 is 5.97 Å². The number of ether oxygens (including phenoxy) is 1. The van der Waals surface area contributed by atoms with Crippen molar-refractivity contribution in [3.05, 3.63) is 34.9 Å². The molecule has 1 aromatic rings. The fourth-order valence-electron chi connectivity index (χ4n) is 2.02. The Balaban J connectivity index is 2.73. The summed E-state index contributed by atoms with van der Waals surface area (Å²) in [5.74, 6) is -0.191. The summed E-state index contributed by atoms with van der Waals surface area (Å²) in [6, 6.07) is 7.39. The SMILES string of the molecule is CCCC(N[C@H](C)c1ccccc1Cl)C(=O)OCC. The Kier molecular flexibility index (Phi) is 6.89. The monoisotopic (exact) mass is 283 g/mol. The van der Waals surface area contributed by atoms with Gasteiger partial charge in [-0.25, -0.2) is 0 Å². The highest BCUT2D eigenvalue weighted by atomic mass is 35.5. The first kappa shape index (κ1) is 16.0. The molecule has 0 aliphatic carbocycles. The van der Waals surface area contributed by atoms with E-state index in [4.69, 9.17) is 16.3 Å². The van der Waals surface area contributed by atoms with E-state index in [0.29, 0.717) is 11.6 Å². The first-order chi connectivity index (χ1) is 9.10. The summed E-state index contributed by atoms with van der Waals surface area (Å²) in [6.45, 7) is 6.27. The molecule has 19 heavy (non-hydrogen) atoms. The van der Waals surface area contributed by atoms with E-state index in [1.54, 1.807) is 0 Å². The van der Waals surface area contributed by atoms with Crippen LogP contribution in [-0.2, 0) is 9.53 Å². The van der Waals surface area contributed by atoms with E-state index in [-0.39, 0.29) is 18.1 Å². The summed E-state index contributed by atoms with van der Waals surface area (Å²) in [5.41, 5.74) is 0.995. The van der Waals surface area contributed by atoms with Gasteiger partial charge in [-0.3, -0.25) is 10.1 Å². The molecule has 1 rings (SSSR count). The minimum atomic E-state index is -0.281. The Hall–Kier alpha value is -1.06. The lowest BCUT2D eigenvalue weighted by Crippen LogP contribution is -2.39. The highest BCUT2D eigenvalue weighted by molar-refractivity contribution is 6.31. The van der Waals surface area contributed by atoms with Crippen molar-refractivity contribution in [2.75, 3.05) is 6.61 Å². The summed E-state index contributed by atoms with van der Waals surface area (Å²) in [5, 5.41) is 4.01. The van der Waals surface area contributed by atoms with Crippen molar-refractivity contribution in [1.29, 1.82) is 0 Å². The van der Waals surface area contributed by atoms with E-state index in [0.717, 1.165) is 18.4 Å². The molecule has 0 saturated carbocycles. The van der Waals surface area contributed by atoms with Crippen LogP contribution in [0.4, 0.5) is 0 Å². The van der Waals surface area contributed by atoms with Gasteiger partial charge in [0, 0.05) is 11.1 Å². The molecule has 2 atom stereocenters. The van der Waals surface area contributed by atoms with Gasteiger partial charge < -0.3 is 4.74 Å². The van der Waals surface area contributed by atoms with Gasteiger partial charge in [0.1, 0.15) is 6.04 Å². The highest BCUT2D eigenvalue weighted by Crippen LogP contribution is 2.23. The largest absolute Gasteiger partial charge is 0.465 e. The zero-order valence-electron chi connectivity index (χ0n) is 11.8. The van der Waals surface area contributed by atoms with Crippen molar-refractivity contribution in [2.24, 2.45) is 0 Å². The van der Waals surface area contributed by atoms with Gasteiger partial charge in [-0.2, -0.15) is 0 Å². The molecule has 0 radical (unpaired) electrons. The molecular formula is C15H22ClNO2. The number of carbonyl (C=O) groups excluding carboxylic acids is 1. The number of halogens is 1. The number of nitrogens with one attached hydrogen (secondary N) is 1. The number of rotatable bonds is 7. The van der Waals surface area contributed by atoms with E-state index in [9.17, 15) is 4.79 Å². The maximum absolute atomic E-state index is 11.9. The first-order valence-electron chi connectivity index (χ1n) is 6.77. The lowest BCUT2D eigenvalue weighted by Gasteiger charge is -2.22. The number of esters is 1. The van der Waals surface area contributed by atoms with Gasteiger partial charge in [-0.15, -0.1) is 0 Å². The highest BCUT2D eigenvalue weighted by Gasteiger charge is 2.21. The Labute approximate surface area is 120 Å². The predicted octanol–water partition coefficient (Wildman–Crippen LogP) is 3.72. The molecule has 0 spiro atoms. The number of hydrogen-bond donors (Lipinski definition) is 1. The Morgan fingerprint density at radius 1 is 1.37 bits per heavy atom. The van der Waals surface area contributed by atoms with Crippen molar-refractivity contribution in [2.45, 2.75) is 45.7 Å². The fraction of sp³-hybridized carbons (Fsp3) is 0.533. The van der Waals surface area contributed by atoms with Crippen molar-refractivity contribution < 1.29 is 9.53 Å². The zero-order chi connectivity index (χ0) is 14.3. The second-order valence-electron chi connectivity index (χ2n) is 4.50. The number of hydrogen-bond acceptors (Lipinski definition) is 3. The van der Waals surface area contributed by atoms with Crippen LogP contribution in [0.15, 0.2) is 24.3 Å². The summed E-state index contributed by atoms with van der Waals surface area (Å²) < 4.78 is 5.09. The molecule has 0 aliphatic rings. The van der Waals surface area contributed by atoms with Crippen molar-refractivity contribution in [1.82, 2.24) is 5.32 Å². The molecular weight excluding hydrogens is 262 g/mol. The van der Waals surface area contributed by atoms with E-state index in [2.05, 4.69) is 5.32 Å². The molecule has 0 bridgehead atoms. The van der Waals surface area contributed by atoms with Crippen LogP contribution in [0.25, 0.3) is 0 Å². The number of benzene rings is 1. The standard InChI is InChI=1S/C15H22ClNO2/c1-4-8-14(15(18)19-5-2)17-11(3)12-9-6-7-10-13(12)16/h6-7,9-11,14,17H,4-5,8H2,1-3H3/t11-,14?/m1/s1. The molecule has 106 valence electrons. The minimum Gasteiger partial charge on any atom is -0.465 e. The molecule has 4 heteroatoms. The van der Waals surface area contributed by atoms with Crippen LogP contribution in [-0.4, -0.2) is 18.6 Å². The van der Waals surface area contributed by atoms with Gasteiger partial charge in [0.2, 0.25) is 0 Å². The summed E-state index contributed by atoms with van der Waals surface area (Å²) in [7, 11) is 0. The van der Waals surface area contributed by atoms with Crippen molar-refractivity contribution in [3.8, 4) is 0 Å². The molecule has 0 aliphatic heterocycles. The second-order valence-corrected chi connectivity index (χ2v) is 4.91. The third-order valence-corrected chi connectivity index (χ3v) is 3.32. The zero-order valence-corrected chi connectivity index (χ0v) is 12.5. The normalized spacial score (nSPS) is 13.9.